The number of amides is 2. The second kappa shape index (κ2) is 7.84. The topological polar surface area (TPSA) is 62.6 Å². The first-order valence-electron chi connectivity index (χ1n) is 9.54. The molecular formula is C21H21Cl2N3O3. The summed E-state index contributed by atoms with van der Waals surface area (Å²) in [4.78, 5) is 41.5. The minimum Gasteiger partial charge on any atom is -0.341 e. The van der Waals surface area contributed by atoms with E-state index in [4.69, 9.17) is 23.2 Å². The number of aromatic nitrogens is 1. The fourth-order valence-corrected chi connectivity index (χ4v) is 4.76. The number of fused-ring (bicyclic) bond motifs is 1. The SMILES string of the molecule is CN1C(=O)C[C@H]2CCN(C(=O)c3cccn(Cc4c(Cl)cccc4Cl)c3=O)C[C@H]21. The Kier molecular flexibility index (Phi) is 5.40. The standard InChI is InChI=1S/C21H21Cl2N3O3/c1-24-18-12-26(9-7-13(18)10-19(24)27)21(29)14-4-3-8-25(20(14)28)11-15-16(22)5-2-6-17(15)23/h2-6,8,13,18H,7,9-12H2,1H3/t13-,18-/m1/s1. The van der Waals surface area contributed by atoms with Crippen molar-refractivity contribution >= 4 is 35.0 Å². The fraction of sp³-hybridized carbons (Fsp3) is 0.381. The Morgan fingerprint density at radius 1 is 1.14 bits per heavy atom. The lowest BCUT2D eigenvalue weighted by Crippen LogP contribution is -2.50. The van der Waals surface area contributed by atoms with Crippen LogP contribution in [0.1, 0.15) is 28.8 Å². The van der Waals surface area contributed by atoms with E-state index >= 15 is 0 Å². The minimum absolute atomic E-state index is 0.0214. The Morgan fingerprint density at radius 2 is 1.86 bits per heavy atom. The van der Waals surface area contributed by atoms with Crippen molar-refractivity contribution in [3.05, 3.63) is 68.1 Å². The molecule has 6 nitrogen and oxygen atoms in total. The molecule has 2 saturated heterocycles. The largest absolute Gasteiger partial charge is 0.341 e. The van der Waals surface area contributed by atoms with Gasteiger partial charge in [0.05, 0.1) is 12.6 Å². The molecule has 3 heterocycles. The molecule has 4 rings (SSSR count). The first-order valence-corrected chi connectivity index (χ1v) is 10.3. The van der Waals surface area contributed by atoms with Crippen molar-refractivity contribution in [3.8, 4) is 0 Å². The third-order valence-corrected chi connectivity index (χ3v) is 6.69. The molecule has 0 N–H and O–H groups in total. The van der Waals surface area contributed by atoms with Gasteiger partial charge in [0, 0.05) is 48.4 Å². The Hall–Kier alpha value is -2.31. The second-order valence-corrected chi connectivity index (χ2v) is 8.45. The summed E-state index contributed by atoms with van der Waals surface area (Å²) in [5.41, 5.74) is 0.363. The number of likely N-dealkylation sites (tertiary alicyclic amines) is 2. The number of carbonyl (C=O) groups excluding carboxylic acids is 2. The molecule has 0 aliphatic carbocycles. The Bertz CT molecular complexity index is 1020. The van der Waals surface area contributed by atoms with Gasteiger partial charge >= 0.3 is 0 Å². The minimum atomic E-state index is -0.383. The third-order valence-electron chi connectivity index (χ3n) is 5.98. The second-order valence-electron chi connectivity index (χ2n) is 7.63. The van der Waals surface area contributed by atoms with Gasteiger partial charge in [0.1, 0.15) is 5.56 Å². The molecule has 1 aromatic carbocycles. The molecule has 1 aromatic heterocycles. The number of hydrogen-bond donors (Lipinski definition) is 0. The number of nitrogens with zero attached hydrogens (tertiary/aromatic N) is 3. The zero-order valence-electron chi connectivity index (χ0n) is 16.0. The molecule has 0 unspecified atom stereocenters. The van der Waals surface area contributed by atoms with E-state index in [0.717, 1.165) is 6.42 Å². The first-order chi connectivity index (χ1) is 13.9. The number of pyridine rings is 1. The van der Waals surface area contributed by atoms with E-state index in [-0.39, 0.29) is 41.4 Å². The zero-order valence-corrected chi connectivity index (χ0v) is 17.5. The fourth-order valence-electron chi connectivity index (χ4n) is 4.24. The molecule has 152 valence electrons. The van der Waals surface area contributed by atoms with Gasteiger partial charge in [-0.1, -0.05) is 29.3 Å². The lowest BCUT2D eigenvalue weighted by atomic mass is 9.92. The van der Waals surface area contributed by atoms with Crippen molar-refractivity contribution < 1.29 is 9.59 Å². The quantitative estimate of drug-likeness (QED) is 0.747. The van der Waals surface area contributed by atoms with Gasteiger partial charge in [-0.25, -0.2) is 0 Å². The monoisotopic (exact) mass is 433 g/mol. The Labute approximate surface area is 178 Å². The molecule has 0 bridgehead atoms. The van der Waals surface area contributed by atoms with Crippen LogP contribution in [0.2, 0.25) is 10.0 Å². The molecule has 2 aromatic rings. The van der Waals surface area contributed by atoms with Crippen LogP contribution in [0, 0.1) is 5.92 Å². The van der Waals surface area contributed by atoms with Crippen LogP contribution in [0.5, 0.6) is 0 Å². The predicted octanol–water partition coefficient (Wildman–Crippen LogP) is 2.90. The number of piperidine rings is 1. The molecule has 0 spiro atoms. The van der Waals surface area contributed by atoms with E-state index < -0.39 is 0 Å². The van der Waals surface area contributed by atoms with Crippen molar-refractivity contribution in [1.29, 1.82) is 0 Å². The maximum Gasteiger partial charge on any atom is 0.263 e. The molecule has 2 fully saturated rings. The van der Waals surface area contributed by atoms with E-state index in [9.17, 15) is 14.4 Å². The summed E-state index contributed by atoms with van der Waals surface area (Å²) in [6.45, 7) is 1.18. The highest BCUT2D eigenvalue weighted by atomic mass is 35.5. The normalized spacial score (nSPS) is 21.4. The lowest BCUT2D eigenvalue weighted by molar-refractivity contribution is -0.127. The molecule has 2 aliphatic heterocycles. The van der Waals surface area contributed by atoms with Crippen molar-refractivity contribution in [3.63, 3.8) is 0 Å². The number of benzene rings is 1. The van der Waals surface area contributed by atoms with Crippen LogP contribution in [-0.4, -0.2) is 52.4 Å². The average Bonchev–Trinajstić information content (AvgIpc) is 2.99. The molecule has 2 amide bonds. The molecule has 29 heavy (non-hydrogen) atoms. The lowest BCUT2D eigenvalue weighted by Gasteiger charge is -2.37. The summed E-state index contributed by atoms with van der Waals surface area (Å²) < 4.78 is 1.44. The van der Waals surface area contributed by atoms with Crippen molar-refractivity contribution in [1.82, 2.24) is 14.4 Å². The van der Waals surface area contributed by atoms with Crippen LogP contribution in [0.25, 0.3) is 0 Å². The molecule has 2 atom stereocenters. The van der Waals surface area contributed by atoms with Gasteiger partial charge in [0.25, 0.3) is 11.5 Å². The highest BCUT2D eigenvalue weighted by molar-refractivity contribution is 6.35. The molecule has 8 heteroatoms. The average molecular weight is 434 g/mol. The molecule has 2 aliphatic rings. The van der Waals surface area contributed by atoms with Gasteiger partial charge < -0.3 is 14.4 Å². The smallest absolute Gasteiger partial charge is 0.263 e. The highest BCUT2D eigenvalue weighted by Gasteiger charge is 2.42. The highest BCUT2D eigenvalue weighted by Crippen LogP contribution is 2.31. The van der Waals surface area contributed by atoms with Gasteiger partial charge in [-0.2, -0.15) is 0 Å². The van der Waals surface area contributed by atoms with Gasteiger partial charge in [-0.3, -0.25) is 14.4 Å². The van der Waals surface area contributed by atoms with E-state index in [1.165, 1.54) is 4.57 Å². The number of likely N-dealkylation sites (N-methyl/N-ethyl adjacent to an activating group) is 1. The number of rotatable bonds is 3. The van der Waals surface area contributed by atoms with Crippen LogP contribution in [0.3, 0.4) is 0 Å². The van der Waals surface area contributed by atoms with Crippen LogP contribution in [0.15, 0.2) is 41.3 Å². The number of halogens is 2. The zero-order chi connectivity index (χ0) is 20.7. The summed E-state index contributed by atoms with van der Waals surface area (Å²) in [7, 11) is 1.78. The van der Waals surface area contributed by atoms with Gasteiger partial charge in [0.2, 0.25) is 5.91 Å². The number of hydrogen-bond acceptors (Lipinski definition) is 3. The van der Waals surface area contributed by atoms with Crippen molar-refractivity contribution in [2.24, 2.45) is 5.92 Å². The van der Waals surface area contributed by atoms with E-state index in [2.05, 4.69) is 0 Å². The maximum atomic E-state index is 13.1. The first kappa shape index (κ1) is 20.0. The van der Waals surface area contributed by atoms with E-state index in [1.54, 1.807) is 53.4 Å². The van der Waals surface area contributed by atoms with Gasteiger partial charge in [0.15, 0.2) is 0 Å². The van der Waals surface area contributed by atoms with Crippen LogP contribution >= 0.6 is 23.2 Å². The molecule has 0 saturated carbocycles. The van der Waals surface area contributed by atoms with E-state index in [1.807, 2.05) is 0 Å². The predicted molar refractivity (Wildman–Crippen MR) is 111 cm³/mol. The molecule has 0 radical (unpaired) electrons. The van der Waals surface area contributed by atoms with Crippen LogP contribution in [-0.2, 0) is 11.3 Å². The van der Waals surface area contributed by atoms with Crippen molar-refractivity contribution in [2.75, 3.05) is 20.1 Å². The summed E-state index contributed by atoms with van der Waals surface area (Å²) in [5, 5.41) is 0.939. The Morgan fingerprint density at radius 3 is 2.59 bits per heavy atom. The van der Waals surface area contributed by atoms with Gasteiger partial charge in [-0.05, 0) is 36.6 Å². The summed E-state index contributed by atoms with van der Waals surface area (Å²) in [6.07, 6.45) is 2.93. The third kappa shape index (κ3) is 3.67. The van der Waals surface area contributed by atoms with Crippen LogP contribution < -0.4 is 5.56 Å². The van der Waals surface area contributed by atoms with Crippen LogP contribution in [0.4, 0.5) is 0 Å². The number of carbonyl (C=O) groups is 2. The summed E-state index contributed by atoms with van der Waals surface area (Å²) in [6, 6.07) is 8.42. The summed E-state index contributed by atoms with van der Waals surface area (Å²) in [5.74, 6) is 0.0973. The molecular weight excluding hydrogens is 413 g/mol. The Balaban J connectivity index is 1.58. The van der Waals surface area contributed by atoms with E-state index in [0.29, 0.717) is 35.1 Å². The maximum absolute atomic E-state index is 13.1. The van der Waals surface area contributed by atoms with Crippen molar-refractivity contribution in [2.45, 2.75) is 25.4 Å². The van der Waals surface area contributed by atoms with Gasteiger partial charge in [-0.15, -0.1) is 0 Å². The summed E-state index contributed by atoms with van der Waals surface area (Å²) >= 11 is 12.5.